The predicted octanol–water partition coefficient (Wildman–Crippen LogP) is 3.42. The second kappa shape index (κ2) is 8.51. The quantitative estimate of drug-likeness (QED) is 0.696. The molecule has 2 N–H and O–H groups in total. The number of ether oxygens (including phenoxy) is 2. The number of halogens is 3. The Morgan fingerprint density at radius 3 is 2.79 bits per heavy atom. The van der Waals surface area contributed by atoms with E-state index >= 15 is 0 Å². The number of pyridine rings is 1. The van der Waals surface area contributed by atoms with Crippen LogP contribution in [0.25, 0.3) is 11.3 Å². The van der Waals surface area contributed by atoms with E-state index in [0.29, 0.717) is 55.6 Å². The zero-order valence-electron chi connectivity index (χ0n) is 18.4. The van der Waals surface area contributed by atoms with Crippen LogP contribution in [0.15, 0.2) is 18.3 Å². The molecule has 178 valence electrons. The standard InChI is InChI=1S/C22H27F3N6O2/c1-2-22(25)5-6-30(12-22)21-28-16(13-7-17(33-20(23)24)19(26)27-9-13)8-18(29-21)31-10-15-4-3-14(31)11-32-15/h7-9,14-15,20H,2-6,10-12H2,1H3,(H2,26,27)/t14-,15-,22?/m0/s1. The van der Waals surface area contributed by atoms with E-state index in [2.05, 4.69) is 19.6 Å². The molecular formula is C22H27F3N6O2. The van der Waals surface area contributed by atoms with Crippen LogP contribution < -0.4 is 20.3 Å². The van der Waals surface area contributed by atoms with E-state index in [-0.39, 0.29) is 30.3 Å². The third-order valence-electron chi connectivity index (χ3n) is 6.80. The third-order valence-corrected chi connectivity index (χ3v) is 6.80. The van der Waals surface area contributed by atoms with E-state index in [9.17, 15) is 13.2 Å². The molecule has 0 amide bonds. The van der Waals surface area contributed by atoms with E-state index in [1.54, 1.807) is 0 Å². The monoisotopic (exact) mass is 464 g/mol. The van der Waals surface area contributed by atoms with Gasteiger partial charge in [-0.15, -0.1) is 0 Å². The molecule has 4 aliphatic rings. The van der Waals surface area contributed by atoms with Gasteiger partial charge in [-0.05, 0) is 25.3 Å². The first-order chi connectivity index (χ1) is 15.8. The minimum absolute atomic E-state index is 0.135. The summed E-state index contributed by atoms with van der Waals surface area (Å²) in [4.78, 5) is 17.5. The normalized spacial score (nSPS) is 26.9. The van der Waals surface area contributed by atoms with Crippen molar-refractivity contribution in [2.24, 2.45) is 0 Å². The van der Waals surface area contributed by atoms with Gasteiger partial charge in [-0.3, -0.25) is 0 Å². The Labute approximate surface area is 189 Å². The summed E-state index contributed by atoms with van der Waals surface area (Å²) in [5.74, 6) is 0.758. The minimum Gasteiger partial charge on any atom is -0.431 e. The van der Waals surface area contributed by atoms with Crippen molar-refractivity contribution in [3.05, 3.63) is 18.3 Å². The molecule has 4 fully saturated rings. The number of piperidine rings is 1. The van der Waals surface area contributed by atoms with Crippen molar-refractivity contribution < 1.29 is 22.6 Å². The number of nitrogen functional groups attached to an aromatic ring is 1. The molecule has 6 rings (SSSR count). The van der Waals surface area contributed by atoms with Gasteiger partial charge in [0.15, 0.2) is 11.6 Å². The van der Waals surface area contributed by atoms with E-state index in [1.165, 1.54) is 12.3 Å². The molecule has 0 aliphatic carbocycles. The topological polar surface area (TPSA) is 89.6 Å². The van der Waals surface area contributed by atoms with Crippen molar-refractivity contribution >= 4 is 17.6 Å². The molecule has 0 spiro atoms. The number of alkyl halides is 3. The number of nitrogens with zero attached hydrogens (tertiary/aromatic N) is 5. The molecule has 1 unspecified atom stereocenters. The summed E-state index contributed by atoms with van der Waals surface area (Å²) >= 11 is 0. The lowest BCUT2D eigenvalue weighted by Gasteiger charge is -2.45. The largest absolute Gasteiger partial charge is 0.431 e. The highest BCUT2D eigenvalue weighted by molar-refractivity contribution is 5.68. The summed E-state index contributed by atoms with van der Waals surface area (Å²) in [7, 11) is 0. The number of aromatic nitrogens is 3. The maximum absolute atomic E-state index is 15.0. The van der Waals surface area contributed by atoms with Crippen molar-refractivity contribution in [3.63, 3.8) is 0 Å². The molecule has 33 heavy (non-hydrogen) atoms. The average molecular weight is 464 g/mol. The lowest BCUT2D eigenvalue weighted by Crippen LogP contribution is -2.55. The fourth-order valence-corrected chi connectivity index (χ4v) is 4.77. The molecule has 2 bridgehead atoms. The van der Waals surface area contributed by atoms with Crippen molar-refractivity contribution in [2.45, 2.75) is 57.0 Å². The number of hydrogen-bond acceptors (Lipinski definition) is 8. The Bertz CT molecular complexity index is 1020. The van der Waals surface area contributed by atoms with Crippen molar-refractivity contribution in [1.82, 2.24) is 15.0 Å². The van der Waals surface area contributed by atoms with Gasteiger partial charge in [-0.25, -0.2) is 14.4 Å². The number of rotatable bonds is 6. The van der Waals surface area contributed by atoms with E-state index in [1.807, 2.05) is 17.9 Å². The van der Waals surface area contributed by atoms with Crippen LogP contribution in [-0.4, -0.2) is 65.6 Å². The van der Waals surface area contributed by atoms with Gasteiger partial charge >= 0.3 is 6.61 Å². The van der Waals surface area contributed by atoms with Crippen LogP contribution in [0.2, 0.25) is 0 Å². The Morgan fingerprint density at radius 1 is 1.30 bits per heavy atom. The zero-order valence-corrected chi connectivity index (χ0v) is 18.4. The van der Waals surface area contributed by atoms with Gasteiger partial charge in [-0.1, -0.05) is 6.92 Å². The van der Waals surface area contributed by atoms with Crippen molar-refractivity contribution in [3.8, 4) is 17.0 Å². The van der Waals surface area contributed by atoms with Crippen LogP contribution in [0.4, 0.5) is 30.8 Å². The van der Waals surface area contributed by atoms with Gasteiger partial charge in [0.2, 0.25) is 5.95 Å². The molecule has 6 heterocycles. The lowest BCUT2D eigenvalue weighted by molar-refractivity contribution is -0.0494. The minimum atomic E-state index is -3.03. The molecule has 4 aliphatic heterocycles. The Kier molecular flexibility index (Phi) is 5.67. The first-order valence-electron chi connectivity index (χ1n) is 11.3. The molecule has 4 saturated heterocycles. The fraction of sp³-hybridized carbons (Fsp3) is 0.591. The summed E-state index contributed by atoms with van der Waals surface area (Å²) in [5.41, 5.74) is 5.37. The van der Waals surface area contributed by atoms with Gasteiger partial charge < -0.3 is 25.0 Å². The first-order valence-corrected chi connectivity index (χ1v) is 11.3. The molecule has 11 heteroatoms. The van der Waals surface area contributed by atoms with Gasteiger partial charge in [-0.2, -0.15) is 13.8 Å². The van der Waals surface area contributed by atoms with Crippen LogP contribution in [0, 0.1) is 0 Å². The predicted molar refractivity (Wildman–Crippen MR) is 117 cm³/mol. The number of hydrogen-bond donors (Lipinski definition) is 1. The smallest absolute Gasteiger partial charge is 0.387 e. The fourth-order valence-electron chi connectivity index (χ4n) is 4.77. The summed E-state index contributed by atoms with van der Waals surface area (Å²) < 4.78 is 50.9. The number of morpholine rings is 1. The van der Waals surface area contributed by atoms with E-state index in [4.69, 9.17) is 15.5 Å². The molecule has 2 aromatic heterocycles. The summed E-state index contributed by atoms with van der Waals surface area (Å²) in [6, 6.07) is 3.40. The highest BCUT2D eigenvalue weighted by atomic mass is 19.3. The highest BCUT2D eigenvalue weighted by Crippen LogP contribution is 2.36. The molecule has 0 aromatic carbocycles. The van der Waals surface area contributed by atoms with E-state index < -0.39 is 12.3 Å². The highest BCUT2D eigenvalue weighted by Gasteiger charge is 2.39. The van der Waals surface area contributed by atoms with Gasteiger partial charge in [0.1, 0.15) is 11.5 Å². The number of nitrogens with two attached hydrogens (primary N) is 1. The van der Waals surface area contributed by atoms with Gasteiger partial charge in [0.25, 0.3) is 0 Å². The second-order valence-electron chi connectivity index (χ2n) is 8.91. The maximum Gasteiger partial charge on any atom is 0.387 e. The third kappa shape index (κ3) is 4.38. The Hall–Kier alpha value is -2.82. The van der Waals surface area contributed by atoms with Gasteiger partial charge in [0.05, 0.1) is 31.0 Å². The SMILES string of the molecule is CCC1(F)CCN(c2nc(-c3cnc(N)c(OC(F)F)c3)cc(N3C[C@@H]4CC[C@H]3CO4)n2)C1. The molecule has 0 radical (unpaired) electrons. The van der Waals surface area contributed by atoms with Crippen molar-refractivity contribution in [2.75, 3.05) is 41.8 Å². The summed E-state index contributed by atoms with van der Waals surface area (Å²) in [5, 5.41) is 0. The van der Waals surface area contributed by atoms with Crippen LogP contribution >= 0.6 is 0 Å². The average Bonchev–Trinajstić information content (AvgIpc) is 3.23. The van der Waals surface area contributed by atoms with E-state index in [0.717, 1.165) is 12.8 Å². The molecule has 8 nitrogen and oxygen atoms in total. The molecule has 3 atom stereocenters. The summed E-state index contributed by atoms with van der Waals surface area (Å²) in [6.45, 7) is 0.857. The molecular weight excluding hydrogens is 437 g/mol. The van der Waals surface area contributed by atoms with Crippen LogP contribution in [-0.2, 0) is 4.74 Å². The number of fused-ring (bicyclic) bond motifs is 3. The second-order valence-corrected chi connectivity index (χ2v) is 8.91. The molecule has 2 aromatic rings. The number of anilines is 3. The van der Waals surface area contributed by atoms with Gasteiger partial charge in [0, 0.05) is 37.3 Å². The molecule has 0 saturated carbocycles. The Balaban J connectivity index is 1.55. The zero-order chi connectivity index (χ0) is 23.2. The summed E-state index contributed by atoms with van der Waals surface area (Å²) in [6.07, 6.45) is 4.44. The maximum atomic E-state index is 15.0. The van der Waals surface area contributed by atoms with Crippen LogP contribution in [0.3, 0.4) is 0 Å². The Morgan fingerprint density at radius 2 is 2.15 bits per heavy atom. The van der Waals surface area contributed by atoms with Crippen LogP contribution in [0.5, 0.6) is 5.75 Å². The van der Waals surface area contributed by atoms with Crippen LogP contribution in [0.1, 0.15) is 32.6 Å². The first kappa shape index (κ1) is 22.0. The lowest BCUT2D eigenvalue weighted by atomic mass is 9.97. The van der Waals surface area contributed by atoms with Crippen molar-refractivity contribution in [1.29, 1.82) is 0 Å².